The Kier molecular flexibility index (Phi) is 7.26. The van der Waals surface area contributed by atoms with Crippen molar-refractivity contribution < 1.29 is 19.1 Å². The zero-order chi connectivity index (χ0) is 18.5. The van der Waals surface area contributed by atoms with E-state index in [-0.39, 0.29) is 17.2 Å². The van der Waals surface area contributed by atoms with Crippen LogP contribution in [-0.2, 0) is 19.1 Å². The Morgan fingerprint density at radius 3 is 2.08 bits per heavy atom. The summed E-state index contributed by atoms with van der Waals surface area (Å²) >= 11 is 0. The fourth-order valence-corrected chi connectivity index (χ4v) is 3.46. The van der Waals surface area contributed by atoms with Crippen molar-refractivity contribution in [1.29, 1.82) is 0 Å². The van der Waals surface area contributed by atoms with Gasteiger partial charge in [0, 0.05) is 23.9 Å². The molecule has 1 fully saturated rings. The van der Waals surface area contributed by atoms with Crippen LogP contribution in [0.25, 0.3) is 0 Å². The summed E-state index contributed by atoms with van der Waals surface area (Å²) in [5.74, 6) is -1.71. The predicted octanol–water partition coefficient (Wildman–Crippen LogP) is 3.55. The van der Waals surface area contributed by atoms with Gasteiger partial charge in [-0.2, -0.15) is 0 Å². The number of likely N-dealkylation sites (tertiary alicyclic amines) is 1. The van der Waals surface area contributed by atoms with Crippen LogP contribution in [0.15, 0.2) is 0 Å². The lowest BCUT2D eigenvalue weighted by Gasteiger charge is -2.53. The van der Waals surface area contributed by atoms with Gasteiger partial charge in [-0.15, -0.1) is 0 Å². The molecule has 0 amide bonds. The third kappa shape index (κ3) is 5.20. The van der Waals surface area contributed by atoms with Crippen LogP contribution in [0.4, 0.5) is 0 Å². The zero-order valence-corrected chi connectivity index (χ0v) is 16.5. The molecule has 0 N–H and O–H groups in total. The lowest BCUT2D eigenvalue weighted by Crippen LogP contribution is -2.60. The third-order valence-electron chi connectivity index (χ3n) is 5.27. The smallest absolute Gasteiger partial charge is 0.320 e. The molecule has 24 heavy (non-hydrogen) atoms. The van der Waals surface area contributed by atoms with E-state index < -0.39 is 17.9 Å². The van der Waals surface area contributed by atoms with E-state index in [1.807, 2.05) is 13.8 Å². The predicted molar refractivity (Wildman–Crippen MR) is 94.7 cm³/mol. The maximum Gasteiger partial charge on any atom is 0.320 e. The highest BCUT2D eigenvalue weighted by Gasteiger charge is 2.45. The summed E-state index contributed by atoms with van der Waals surface area (Å²) in [5, 5.41) is 0. The second kappa shape index (κ2) is 8.32. The highest BCUT2D eigenvalue weighted by atomic mass is 16.6. The first-order chi connectivity index (χ1) is 11.0. The third-order valence-corrected chi connectivity index (χ3v) is 5.27. The minimum Gasteiger partial charge on any atom is -0.465 e. The first-order valence-electron chi connectivity index (χ1n) is 9.16. The van der Waals surface area contributed by atoms with Crippen molar-refractivity contribution in [2.45, 2.75) is 90.8 Å². The van der Waals surface area contributed by atoms with Crippen molar-refractivity contribution in [3.05, 3.63) is 0 Å². The molecule has 5 nitrogen and oxygen atoms in total. The minimum atomic E-state index is -0.812. The summed E-state index contributed by atoms with van der Waals surface area (Å²) in [6.07, 6.45) is 3.53. The molecular formula is C19H35NO4. The molecule has 0 saturated carbocycles. The standard InChI is InChI=1S/C19H35NO4/c1-8-10-11-23-16(21)15(9-2)17(22)24-14-12-18(3,4)20(7)19(5,6)13-14/h14-15H,8-13H2,1-7H3. The Morgan fingerprint density at radius 1 is 1.08 bits per heavy atom. The van der Waals surface area contributed by atoms with E-state index in [2.05, 4.69) is 39.6 Å². The largest absolute Gasteiger partial charge is 0.465 e. The Bertz CT molecular complexity index is 427. The van der Waals surface area contributed by atoms with Gasteiger partial charge in [-0.05, 0) is 47.6 Å². The Balaban J connectivity index is 2.69. The van der Waals surface area contributed by atoms with Crippen molar-refractivity contribution in [2.24, 2.45) is 5.92 Å². The number of hydrogen-bond donors (Lipinski definition) is 0. The SMILES string of the molecule is CCCCOC(=O)C(CC)C(=O)OC1CC(C)(C)N(C)C(C)(C)C1. The maximum atomic E-state index is 12.5. The summed E-state index contributed by atoms with van der Waals surface area (Å²) in [4.78, 5) is 26.9. The van der Waals surface area contributed by atoms with Gasteiger partial charge in [0.2, 0.25) is 0 Å². The average molecular weight is 341 g/mol. The van der Waals surface area contributed by atoms with Crippen LogP contribution < -0.4 is 0 Å². The van der Waals surface area contributed by atoms with E-state index in [4.69, 9.17) is 9.47 Å². The van der Waals surface area contributed by atoms with Crippen molar-refractivity contribution in [3.8, 4) is 0 Å². The van der Waals surface area contributed by atoms with Crippen molar-refractivity contribution in [1.82, 2.24) is 4.90 Å². The second-order valence-corrected chi connectivity index (χ2v) is 8.13. The molecule has 140 valence electrons. The van der Waals surface area contributed by atoms with Crippen molar-refractivity contribution in [3.63, 3.8) is 0 Å². The molecule has 1 aliphatic heterocycles. The van der Waals surface area contributed by atoms with Gasteiger partial charge < -0.3 is 9.47 Å². The molecule has 0 aliphatic carbocycles. The number of esters is 2. The highest BCUT2D eigenvalue weighted by Crippen LogP contribution is 2.38. The molecule has 1 heterocycles. The van der Waals surface area contributed by atoms with Gasteiger partial charge >= 0.3 is 11.9 Å². The molecule has 0 aromatic rings. The van der Waals surface area contributed by atoms with Crippen LogP contribution >= 0.6 is 0 Å². The van der Waals surface area contributed by atoms with Crippen LogP contribution in [0, 0.1) is 5.92 Å². The number of rotatable bonds is 7. The highest BCUT2D eigenvalue weighted by molar-refractivity contribution is 5.94. The first kappa shape index (κ1) is 20.9. The molecule has 1 saturated heterocycles. The summed E-state index contributed by atoms with van der Waals surface area (Å²) in [6.45, 7) is 12.8. The van der Waals surface area contributed by atoms with Crippen molar-refractivity contribution >= 4 is 11.9 Å². The van der Waals surface area contributed by atoms with E-state index in [1.165, 1.54) is 0 Å². The number of unbranched alkanes of at least 4 members (excludes halogenated alkanes) is 1. The summed E-state index contributed by atoms with van der Waals surface area (Å²) in [7, 11) is 2.11. The fraction of sp³-hybridized carbons (Fsp3) is 0.895. The molecular weight excluding hydrogens is 306 g/mol. The van der Waals surface area contributed by atoms with Gasteiger partial charge in [0.25, 0.3) is 0 Å². The molecule has 0 aromatic carbocycles. The van der Waals surface area contributed by atoms with Gasteiger partial charge in [0.05, 0.1) is 6.61 Å². The number of carbonyl (C=O) groups excluding carboxylic acids is 2. The second-order valence-electron chi connectivity index (χ2n) is 8.13. The lowest BCUT2D eigenvalue weighted by atomic mass is 9.78. The van der Waals surface area contributed by atoms with Crippen LogP contribution in [0.2, 0.25) is 0 Å². The Morgan fingerprint density at radius 2 is 1.62 bits per heavy atom. The molecule has 0 radical (unpaired) electrons. The molecule has 1 aliphatic rings. The van der Waals surface area contributed by atoms with Gasteiger partial charge in [-0.25, -0.2) is 0 Å². The first-order valence-corrected chi connectivity index (χ1v) is 9.16. The normalized spacial score (nSPS) is 22.0. The number of hydrogen-bond acceptors (Lipinski definition) is 5. The van der Waals surface area contributed by atoms with E-state index >= 15 is 0 Å². The number of carbonyl (C=O) groups is 2. The molecule has 0 bridgehead atoms. The monoisotopic (exact) mass is 341 g/mol. The summed E-state index contributed by atoms with van der Waals surface area (Å²) in [5.41, 5.74) is -0.119. The maximum absolute atomic E-state index is 12.5. The molecule has 1 atom stereocenters. The van der Waals surface area contributed by atoms with E-state index in [9.17, 15) is 9.59 Å². The average Bonchev–Trinajstić information content (AvgIpc) is 2.45. The van der Waals surface area contributed by atoms with Crippen molar-refractivity contribution in [2.75, 3.05) is 13.7 Å². The topological polar surface area (TPSA) is 55.8 Å². The van der Waals surface area contributed by atoms with Gasteiger partial charge in [0.15, 0.2) is 5.92 Å². The fourth-order valence-electron chi connectivity index (χ4n) is 3.46. The van der Waals surface area contributed by atoms with Crippen LogP contribution in [-0.4, -0.2) is 47.7 Å². The Hall–Kier alpha value is -1.10. The molecule has 0 aromatic heterocycles. The quantitative estimate of drug-likeness (QED) is 0.403. The van der Waals surface area contributed by atoms with Gasteiger partial charge in [-0.3, -0.25) is 14.5 Å². The van der Waals surface area contributed by atoms with Gasteiger partial charge in [-0.1, -0.05) is 20.3 Å². The van der Waals surface area contributed by atoms with Crippen LogP contribution in [0.5, 0.6) is 0 Å². The van der Waals surface area contributed by atoms with E-state index in [0.29, 0.717) is 13.0 Å². The molecule has 0 spiro atoms. The summed E-state index contributed by atoms with van der Waals surface area (Å²) < 4.78 is 10.9. The van der Waals surface area contributed by atoms with E-state index in [1.54, 1.807) is 0 Å². The van der Waals surface area contributed by atoms with E-state index in [0.717, 1.165) is 25.7 Å². The van der Waals surface area contributed by atoms with Gasteiger partial charge in [0.1, 0.15) is 6.10 Å². The molecule has 5 heteroatoms. The van der Waals surface area contributed by atoms with Crippen LogP contribution in [0.3, 0.4) is 0 Å². The zero-order valence-electron chi connectivity index (χ0n) is 16.5. The minimum absolute atomic E-state index is 0.0595. The molecule has 1 rings (SSSR count). The summed E-state index contributed by atoms with van der Waals surface area (Å²) in [6, 6.07) is 0. The molecule has 1 unspecified atom stereocenters. The van der Waals surface area contributed by atoms with Crippen LogP contribution in [0.1, 0.15) is 73.6 Å². The lowest BCUT2D eigenvalue weighted by molar-refractivity contribution is -0.171. The number of nitrogens with zero attached hydrogens (tertiary/aromatic N) is 1. The number of ether oxygens (including phenoxy) is 2. The number of piperidine rings is 1. The Labute approximate surface area is 147 Å².